The summed E-state index contributed by atoms with van der Waals surface area (Å²) >= 11 is 1.14. The number of sulfonamides is 1. The molecule has 1 aromatic carbocycles. The molecule has 0 aliphatic carbocycles. The molecule has 1 aromatic rings. The number of anilines is 1. The predicted octanol–water partition coefficient (Wildman–Crippen LogP) is 0.571. The number of hydrogen-bond donors (Lipinski definition) is 2. The van der Waals surface area contributed by atoms with Gasteiger partial charge in [0.05, 0.1) is 17.3 Å². The highest BCUT2D eigenvalue weighted by molar-refractivity contribution is 8.00. The second-order valence-corrected chi connectivity index (χ2v) is 5.99. The first-order valence-corrected chi connectivity index (χ1v) is 7.58. The fraction of sp³-hybridized carbons (Fsp3) is 0.300. The number of nitrogens with two attached hydrogens (primary N) is 2. The second-order valence-electron chi connectivity index (χ2n) is 3.38. The summed E-state index contributed by atoms with van der Waals surface area (Å²) in [7, 11) is -3.81. The molecule has 18 heavy (non-hydrogen) atoms. The van der Waals surface area contributed by atoms with Crippen molar-refractivity contribution in [2.75, 3.05) is 18.1 Å². The highest BCUT2D eigenvalue weighted by atomic mass is 32.2. The van der Waals surface area contributed by atoms with Crippen molar-refractivity contribution in [3.8, 4) is 0 Å². The Bertz CT molecular complexity index is 543. The molecule has 0 heterocycles. The maximum Gasteiger partial charge on any atom is 0.316 e. The standard InChI is InChI=1S/C10H14N2O4S2/c1-2-16-10(13)6-17-8-3-7(11)4-9(5-8)18(12,14)15/h3-5H,2,6,11H2,1H3,(H2,12,14,15). The van der Waals surface area contributed by atoms with E-state index >= 15 is 0 Å². The Morgan fingerprint density at radius 1 is 1.39 bits per heavy atom. The number of esters is 1. The molecule has 0 bridgehead atoms. The second kappa shape index (κ2) is 6.07. The van der Waals surface area contributed by atoms with E-state index in [1.54, 1.807) is 13.0 Å². The molecule has 4 N–H and O–H groups in total. The molecule has 0 amide bonds. The smallest absolute Gasteiger partial charge is 0.316 e. The minimum atomic E-state index is -3.81. The van der Waals surface area contributed by atoms with Gasteiger partial charge in [0.1, 0.15) is 0 Å². The van der Waals surface area contributed by atoms with E-state index in [9.17, 15) is 13.2 Å². The largest absolute Gasteiger partial charge is 0.465 e. The first kappa shape index (κ1) is 14.8. The van der Waals surface area contributed by atoms with Gasteiger partial charge in [-0.15, -0.1) is 11.8 Å². The molecule has 1 rings (SSSR count). The van der Waals surface area contributed by atoms with Crippen LogP contribution in [0.1, 0.15) is 6.92 Å². The Kier molecular flexibility index (Phi) is 5.00. The molecule has 0 aliphatic heterocycles. The van der Waals surface area contributed by atoms with Crippen molar-refractivity contribution in [3.63, 3.8) is 0 Å². The van der Waals surface area contributed by atoms with Crippen LogP contribution in [-0.4, -0.2) is 26.7 Å². The Morgan fingerprint density at radius 2 is 2.06 bits per heavy atom. The highest BCUT2D eigenvalue weighted by Crippen LogP contribution is 2.24. The predicted molar refractivity (Wildman–Crippen MR) is 69.6 cm³/mol. The van der Waals surface area contributed by atoms with E-state index in [1.807, 2.05) is 0 Å². The third kappa shape index (κ3) is 4.55. The summed E-state index contributed by atoms with van der Waals surface area (Å²) in [5.74, 6) is -0.288. The molecule has 0 saturated heterocycles. The normalized spacial score (nSPS) is 11.2. The number of carbonyl (C=O) groups excluding carboxylic acids is 1. The zero-order chi connectivity index (χ0) is 13.8. The van der Waals surface area contributed by atoms with Gasteiger partial charge in [-0.05, 0) is 25.1 Å². The molecule has 0 aromatic heterocycles. The topological polar surface area (TPSA) is 112 Å². The maximum atomic E-state index is 11.2. The van der Waals surface area contributed by atoms with E-state index in [4.69, 9.17) is 15.6 Å². The number of primary sulfonamides is 1. The van der Waals surface area contributed by atoms with Crippen molar-refractivity contribution < 1.29 is 17.9 Å². The van der Waals surface area contributed by atoms with Crippen LogP contribution in [0.15, 0.2) is 28.0 Å². The number of hydrogen-bond acceptors (Lipinski definition) is 6. The summed E-state index contributed by atoms with van der Waals surface area (Å²) in [6, 6.07) is 4.21. The van der Waals surface area contributed by atoms with E-state index < -0.39 is 10.0 Å². The van der Waals surface area contributed by atoms with Crippen LogP contribution in [0.3, 0.4) is 0 Å². The first-order chi connectivity index (χ1) is 8.32. The van der Waals surface area contributed by atoms with Crippen molar-refractivity contribution in [1.82, 2.24) is 0 Å². The van der Waals surface area contributed by atoms with Gasteiger partial charge in [0, 0.05) is 10.6 Å². The van der Waals surface area contributed by atoms with Crippen molar-refractivity contribution in [3.05, 3.63) is 18.2 Å². The van der Waals surface area contributed by atoms with Gasteiger partial charge in [0.25, 0.3) is 0 Å². The molecule has 0 radical (unpaired) electrons. The maximum absolute atomic E-state index is 11.2. The lowest BCUT2D eigenvalue weighted by Crippen LogP contribution is -2.12. The zero-order valence-corrected chi connectivity index (χ0v) is 11.4. The van der Waals surface area contributed by atoms with Gasteiger partial charge in [0.2, 0.25) is 10.0 Å². The van der Waals surface area contributed by atoms with Crippen LogP contribution in [0.25, 0.3) is 0 Å². The van der Waals surface area contributed by atoms with E-state index in [-0.39, 0.29) is 22.3 Å². The molecule has 0 atom stereocenters. The van der Waals surface area contributed by atoms with Crippen LogP contribution in [0.2, 0.25) is 0 Å². The van der Waals surface area contributed by atoms with Crippen molar-refractivity contribution in [2.45, 2.75) is 16.7 Å². The quantitative estimate of drug-likeness (QED) is 0.466. The van der Waals surface area contributed by atoms with Crippen LogP contribution in [-0.2, 0) is 19.6 Å². The molecule has 0 unspecified atom stereocenters. The van der Waals surface area contributed by atoms with Crippen LogP contribution in [0, 0.1) is 0 Å². The fourth-order valence-corrected chi connectivity index (χ4v) is 2.65. The van der Waals surface area contributed by atoms with Gasteiger partial charge in [-0.25, -0.2) is 13.6 Å². The van der Waals surface area contributed by atoms with E-state index in [2.05, 4.69) is 0 Å². The van der Waals surface area contributed by atoms with Crippen molar-refractivity contribution >= 4 is 33.4 Å². The summed E-state index contributed by atoms with van der Waals surface area (Å²) in [4.78, 5) is 11.6. The van der Waals surface area contributed by atoms with Crippen LogP contribution in [0.5, 0.6) is 0 Å². The lowest BCUT2D eigenvalue weighted by Gasteiger charge is -2.06. The van der Waals surface area contributed by atoms with Crippen LogP contribution >= 0.6 is 11.8 Å². The molecule has 0 aliphatic rings. The summed E-state index contributed by atoms with van der Waals surface area (Å²) in [6.45, 7) is 2.01. The number of ether oxygens (including phenoxy) is 1. The fourth-order valence-electron chi connectivity index (χ4n) is 1.19. The number of thioether (sulfide) groups is 1. The average molecular weight is 290 g/mol. The molecule has 0 spiro atoms. The Hall–Kier alpha value is -1.25. The summed E-state index contributed by atoms with van der Waals surface area (Å²) in [6.07, 6.45) is 0. The first-order valence-electron chi connectivity index (χ1n) is 5.04. The Labute approximate surface area is 110 Å². The molecular weight excluding hydrogens is 276 g/mol. The van der Waals surface area contributed by atoms with Gasteiger partial charge >= 0.3 is 5.97 Å². The molecule has 6 nitrogen and oxygen atoms in total. The molecule has 100 valence electrons. The van der Waals surface area contributed by atoms with Crippen LogP contribution < -0.4 is 10.9 Å². The van der Waals surface area contributed by atoms with Crippen molar-refractivity contribution in [2.24, 2.45) is 5.14 Å². The number of carbonyl (C=O) groups is 1. The Morgan fingerprint density at radius 3 is 2.61 bits per heavy atom. The zero-order valence-electron chi connectivity index (χ0n) is 9.75. The number of benzene rings is 1. The van der Waals surface area contributed by atoms with Gasteiger partial charge < -0.3 is 10.5 Å². The summed E-state index contributed by atoms with van der Waals surface area (Å²) < 4.78 is 27.2. The third-order valence-corrected chi connectivity index (χ3v) is 3.73. The minimum absolute atomic E-state index is 0.0751. The molecule has 0 saturated carbocycles. The average Bonchev–Trinajstić information content (AvgIpc) is 2.25. The molecule has 8 heteroatoms. The van der Waals surface area contributed by atoms with Gasteiger partial charge in [-0.3, -0.25) is 4.79 Å². The SMILES string of the molecule is CCOC(=O)CSc1cc(N)cc(S(N)(=O)=O)c1. The molecular formula is C10H14N2O4S2. The van der Waals surface area contributed by atoms with Gasteiger partial charge in [-0.1, -0.05) is 0 Å². The lowest BCUT2D eigenvalue weighted by atomic mass is 10.3. The number of rotatable bonds is 5. The van der Waals surface area contributed by atoms with E-state index in [0.717, 1.165) is 11.8 Å². The third-order valence-electron chi connectivity index (χ3n) is 1.89. The van der Waals surface area contributed by atoms with Gasteiger partial charge in [0.15, 0.2) is 0 Å². The van der Waals surface area contributed by atoms with E-state index in [1.165, 1.54) is 12.1 Å². The lowest BCUT2D eigenvalue weighted by molar-refractivity contribution is -0.139. The van der Waals surface area contributed by atoms with Gasteiger partial charge in [-0.2, -0.15) is 0 Å². The van der Waals surface area contributed by atoms with Crippen molar-refractivity contribution in [1.29, 1.82) is 0 Å². The highest BCUT2D eigenvalue weighted by Gasteiger charge is 2.11. The Balaban J connectivity index is 2.84. The minimum Gasteiger partial charge on any atom is -0.465 e. The van der Waals surface area contributed by atoms with E-state index in [0.29, 0.717) is 11.5 Å². The summed E-state index contributed by atoms with van der Waals surface area (Å²) in [5, 5.41) is 5.01. The summed E-state index contributed by atoms with van der Waals surface area (Å²) in [5.41, 5.74) is 5.84. The number of nitrogen functional groups attached to an aromatic ring is 1. The monoisotopic (exact) mass is 290 g/mol. The van der Waals surface area contributed by atoms with Crippen LogP contribution in [0.4, 0.5) is 5.69 Å². The molecule has 0 fully saturated rings.